The fourth-order valence-electron chi connectivity index (χ4n) is 1.97. The maximum atomic E-state index is 12.1. The summed E-state index contributed by atoms with van der Waals surface area (Å²) in [6, 6.07) is 6.71. The van der Waals surface area contributed by atoms with E-state index in [0.29, 0.717) is 17.8 Å². The van der Waals surface area contributed by atoms with Gasteiger partial charge in [-0.2, -0.15) is 0 Å². The van der Waals surface area contributed by atoms with Crippen molar-refractivity contribution in [3.8, 4) is 0 Å². The molecule has 0 aliphatic heterocycles. The van der Waals surface area contributed by atoms with Gasteiger partial charge < -0.3 is 21.7 Å². The van der Waals surface area contributed by atoms with Crippen molar-refractivity contribution in [2.45, 2.75) is 52.1 Å². The van der Waals surface area contributed by atoms with Gasteiger partial charge in [-0.3, -0.25) is 4.79 Å². The highest BCUT2D eigenvalue weighted by molar-refractivity contribution is 5.98. The summed E-state index contributed by atoms with van der Waals surface area (Å²) in [6.07, 6.45) is 1.46. The number of anilines is 2. The number of benzene rings is 1. The summed E-state index contributed by atoms with van der Waals surface area (Å²) in [4.78, 5) is 23.7. The monoisotopic (exact) mass is 306 g/mol. The molecule has 0 aliphatic rings. The molecule has 6 heteroatoms. The molecule has 1 aromatic carbocycles. The second kappa shape index (κ2) is 7.79. The molecule has 0 heterocycles. The van der Waals surface area contributed by atoms with Crippen molar-refractivity contribution in [1.29, 1.82) is 0 Å². The van der Waals surface area contributed by atoms with Gasteiger partial charge in [0, 0.05) is 17.4 Å². The normalized spacial score (nSPS) is 13.4. The molecule has 1 atom stereocenters. The highest BCUT2D eigenvalue weighted by atomic mass is 16.2. The second-order valence-corrected chi connectivity index (χ2v) is 5.95. The summed E-state index contributed by atoms with van der Waals surface area (Å²) in [6.45, 7) is 7.48. The van der Waals surface area contributed by atoms with Crippen molar-refractivity contribution >= 4 is 23.3 Å². The quantitative estimate of drug-likeness (QED) is 0.650. The number of carbonyl (C=O) groups is 2. The van der Waals surface area contributed by atoms with E-state index in [1.165, 1.54) is 0 Å². The number of hydrogen-bond donors (Lipinski definition) is 4. The maximum absolute atomic E-state index is 12.1. The lowest BCUT2D eigenvalue weighted by Gasteiger charge is -2.22. The third-order valence-corrected chi connectivity index (χ3v) is 3.11. The first-order valence-corrected chi connectivity index (χ1v) is 7.52. The molecule has 1 rings (SSSR count). The van der Waals surface area contributed by atoms with E-state index in [1.54, 1.807) is 31.2 Å². The number of nitrogens with two attached hydrogens (primary N) is 1. The van der Waals surface area contributed by atoms with Crippen molar-refractivity contribution in [1.82, 2.24) is 5.32 Å². The predicted octanol–water partition coefficient (Wildman–Crippen LogP) is 2.67. The van der Waals surface area contributed by atoms with Crippen molar-refractivity contribution in [2.24, 2.45) is 5.73 Å². The van der Waals surface area contributed by atoms with Gasteiger partial charge in [-0.15, -0.1) is 0 Å². The fraction of sp³-hybridized carbons (Fsp3) is 0.500. The molecule has 0 saturated carbocycles. The van der Waals surface area contributed by atoms with Crippen LogP contribution >= 0.6 is 0 Å². The zero-order valence-electron chi connectivity index (χ0n) is 13.7. The molecule has 0 radical (unpaired) electrons. The number of amides is 3. The van der Waals surface area contributed by atoms with Crippen molar-refractivity contribution < 1.29 is 9.59 Å². The topological polar surface area (TPSA) is 96.2 Å². The average molecular weight is 306 g/mol. The van der Waals surface area contributed by atoms with Crippen LogP contribution in [0.1, 0.15) is 40.5 Å². The molecule has 3 amide bonds. The number of carbonyl (C=O) groups excluding carboxylic acids is 2. The molecular weight excluding hydrogens is 280 g/mol. The zero-order valence-corrected chi connectivity index (χ0v) is 13.7. The maximum Gasteiger partial charge on any atom is 0.319 e. The van der Waals surface area contributed by atoms with Gasteiger partial charge in [-0.05, 0) is 51.5 Å². The fourth-order valence-corrected chi connectivity index (χ4v) is 1.97. The number of urea groups is 1. The van der Waals surface area contributed by atoms with Crippen molar-refractivity contribution in [2.75, 3.05) is 10.6 Å². The largest absolute Gasteiger partial charge is 0.336 e. The Kier molecular flexibility index (Phi) is 6.37. The molecule has 5 N–H and O–H groups in total. The Morgan fingerprint density at radius 1 is 1.14 bits per heavy atom. The highest BCUT2D eigenvalue weighted by Gasteiger charge is 2.27. The summed E-state index contributed by atoms with van der Waals surface area (Å²) in [7, 11) is 0. The van der Waals surface area contributed by atoms with E-state index < -0.39 is 5.54 Å². The molecule has 22 heavy (non-hydrogen) atoms. The van der Waals surface area contributed by atoms with Gasteiger partial charge >= 0.3 is 6.03 Å². The van der Waals surface area contributed by atoms with Gasteiger partial charge in [0.25, 0.3) is 0 Å². The van der Waals surface area contributed by atoms with Gasteiger partial charge in [0.15, 0.2) is 0 Å². The summed E-state index contributed by atoms with van der Waals surface area (Å²) < 4.78 is 0. The second-order valence-electron chi connectivity index (χ2n) is 5.95. The van der Waals surface area contributed by atoms with E-state index in [0.717, 1.165) is 6.42 Å². The molecule has 0 saturated heterocycles. The van der Waals surface area contributed by atoms with E-state index in [1.807, 2.05) is 20.8 Å². The van der Waals surface area contributed by atoms with Crippen LogP contribution < -0.4 is 21.7 Å². The smallest absolute Gasteiger partial charge is 0.319 e. The Hall–Kier alpha value is -2.08. The first kappa shape index (κ1) is 18.0. The van der Waals surface area contributed by atoms with E-state index in [2.05, 4.69) is 16.0 Å². The minimum atomic E-state index is -0.886. The molecule has 6 nitrogen and oxygen atoms in total. The standard InChI is InChI=1S/C16H26N4O2/c1-5-10-16(4,17)14(21)19-12-6-8-13(9-7-12)20-15(22)18-11(2)3/h6-9,11H,5,10,17H2,1-4H3,(H,19,21)(H2,18,20,22). The molecule has 1 aromatic rings. The Morgan fingerprint density at radius 3 is 2.09 bits per heavy atom. The van der Waals surface area contributed by atoms with E-state index >= 15 is 0 Å². The molecule has 122 valence electrons. The van der Waals surface area contributed by atoms with Gasteiger partial charge in [-0.25, -0.2) is 4.79 Å². The van der Waals surface area contributed by atoms with Crippen LogP contribution in [0.2, 0.25) is 0 Å². The van der Waals surface area contributed by atoms with Crippen LogP contribution in [-0.2, 0) is 4.79 Å². The molecular formula is C16H26N4O2. The minimum absolute atomic E-state index is 0.0689. The predicted molar refractivity (Wildman–Crippen MR) is 89.9 cm³/mol. The van der Waals surface area contributed by atoms with Crippen LogP contribution in [0.15, 0.2) is 24.3 Å². The minimum Gasteiger partial charge on any atom is -0.336 e. The van der Waals surface area contributed by atoms with E-state index in [9.17, 15) is 9.59 Å². The lowest BCUT2D eigenvalue weighted by molar-refractivity contribution is -0.120. The summed E-state index contributed by atoms with van der Waals surface area (Å²) in [5, 5.41) is 8.24. The summed E-state index contributed by atoms with van der Waals surface area (Å²) in [5.41, 5.74) is 6.40. The van der Waals surface area contributed by atoms with Crippen LogP contribution in [0.3, 0.4) is 0 Å². The Bertz CT molecular complexity index is 509. The average Bonchev–Trinajstić information content (AvgIpc) is 2.39. The number of hydrogen-bond acceptors (Lipinski definition) is 3. The third kappa shape index (κ3) is 5.73. The van der Waals surface area contributed by atoms with Gasteiger partial charge in [0.2, 0.25) is 5.91 Å². The molecule has 0 fully saturated rings. The van der Waals surface area contributed by atoms with E-state index in [-0.39, 0.29) is 18.0 Å². The van der Waals surface area contributed by atoms with Crippen LogP contribution in [-0.4, -0.2) is 23.5 Å². The third-order valence-electron chi connectivity index (χ3n) is 3.11. The first-order valence-electron chi connectivity index (χ1n) is 7.52. The summed E-state index contributed by atoms with van der Waals surface area (Å²) in [5.74, 6) is -0.215. The van der Waals surface area contributed by atoms with Crippen LogP contribution in [0.25, 0.3) is 0 Å². The lowest BCUT2D eigenvalue weighted by Crippen LogP contribution is -2.48. The Morgan fingerprint density at radius 2 is 1.64 bits per heavy atom. The number of nitrogens with one attached hydrogen (secondary N) is 3. The molecule has 0 bridgehead atoms. The molecule has 1 unspecified atom stereocenters. The van der Waals surface area contributed by atoms with Crippen LogP contribution in [0, 0.1) is 0 Å². The van der Waals surface area contributed by atoms with Gasteiger partial charge in [0.1, 0.15) is 0 Å². The molecule has 0 spiro atoms. The SMILES string of the molecule is CCCC(C)(N)C(=O)Nc1ccc(NC(=O)NC(C)C)cc1. The number of rotatable bonds is 6. The van der Waals surface area contributed by atoms with Crippen LogP contribution in [0.5, 0.6) is 0 Å². The zero-order chi connectivity index (χ0) is 16.8. The van der Waals surface area contributed by atoms with Crippen molar-refractivity contribution in [3.05, 3.63) is 24.3 Å². The van der Waals surface area contributed by atoms with Crippen LogP contribution in [0.4, 0.5) is 16.2 Å². The molecule has 0 aromatic heterocycles. The Balaban J connectivity index is 2.62. The van der Waals surface area contributed by atoms with Crippen molar-refractivity contribution in [3.63, 3.8) is 0 Å². The summed E-state index contributed by atoms with van der Waals surface area (Å²) >= 11 is 0. The lowest BCUT2D eigenvalue weighted by atomic mass is 9.96. The molecule has 0 aliphatic carbocycles. The highest BCUT2D eigenvalue weighted by Crippen LogP contribution is 2.16. The Labute approximate surface area is 131 Å². The van der Waals surface area contributed by atoms with Gasteiger partial charge in [-0.1, -0.05) is 13.3 Å². The van der Waals surface area contributed by atoms with E-state index in [4.69, 9.17) is 5.73 Å². The first-order chi connectivity index (χ1) is 10.2. The van der Waals surface area contributed by atoms with Gasteiger partial charge in [0.05, 0.1) is 5.54 Å².